The van der Waals surface area contributed by atoms with E-state index in [1.165, 1.54) is 16.2 Å². The highest BCUT2D eigenvalue weighted by Gasteiger charge is 2.10. The van der Waals surface area contributed by atoms with Gasteiger partial charge < -0.3 is 5.32 Å². The molecule has 100 valence electrons. The van der Waals surface area contributed by atoms with Crippen molar-refractivity contribution in [3.8, 4) is 10.4 Å². The Morgan fingerprint density at radius 2 is 2.20 bits per heavy atom. The van der Waals surface area contributed by atoms with Gasteiger partial charge in [-0.05, 0) is 29.1 Å². The standard InChI is InChI=1S/C15H12N2OS2/c18-15(17-9-11-3-1-5-16-8-11)14-7-12(10-20-14)13-4-2-6-19-13/h1-8,10H,9H2,(H,17,18). The number of pyridine rings is 1. The third-order valence-corrected chi connectivity index (χ3v) is 4.65. The Labute approximate surface area is 124 Å². The largest absolute Gasteiger partial charge is 0.347 e. The molecule has 3 aromatic rings. The molecule has 3 heterocycles. The summed E-state index contributed by atoms with van der Waals surface area (Å²) in [4.78, 5) is 18.0. The molecule has 0 unspecified atom stereocenters. The summed E-state index contributed by atoms with van der Waals surface area (Å²) in [6.07, 6.45) is 3.48. The monoisotopic (exact) mass is 300 g/mol. The van der Waals surface area contributed by atoms with Gasteiger partial charge in [0, 0.05) is 34.8 Å². The third-order valence-electron chi connectivity index (χ3n) is 2.80. The lowest BCUT2D eigenvalue weighted by Crippen LogP contribution is -2.21. The van der Waals surface area contributed by atoms with E-state index in [2.05, 4.69) is 16.4 Å². The number of amides is 1. The average molecular weight is 300 g/mol. The highest BCUT2D eigenvalue weighted by molar-refractivity contribution is 7.15. The van der Waals surface area contributed by atoms with Gasteiger partial charge in [-0.15, -0.1) is 22.7 Å². The van der Waals surface area contributed by atoms with Gasteiger partial charge in [0.2, 0.25) is 0 Å². The maximum atomic E-state index is 12.1. The van der Waals surface area contributed by atoms with Crippen LogP contribution in [0, 0.1) is 0 Å². The zero-order valence-corrected chi connectivity index (χ0v) is 12.2. The second-order valence-corrected chi connectivity index (χ2v) is 6.08. The molecule has 0 aromatic carbocycles. The van der Waals surface area contributed by atoms with Gasteiger partial charge in [-0.1, -0.05) is 12.1 Å². The lowest BCUT2D eigenvalue weighted by molar-refractivity contribution is 0.0955. The Hall–Kier alpha value is -1.98. The van der Waals surface area contributed by atoms with Crippen LogP contribution >= 0.6 is 22.7 Å². The molecule has 0 saturated carbocycles. The first-order valence-corrected chi connectivity index (χ1v) is 7.88. The van der Waals surface area contributed by atoms with Gasteiger partial charge in [0.25, 0.3) is 5.91 Å². The van der Waals surface area contributed by atoms with Crippen molar-refractivity contribution in [3.05, 3.63) is 63.9 Å². The van der Waals surface area contributed by atoms with Crippen LogP contribution in [0.3, 0.4) is 0 Å². The van der Waals surface area contributed by atoms with Gasteiger partial charge in [0.1, 0.15) is 0 Å². The fourth-order valence-electron chi connectivity index (χ4n) is 1.80. The van der Waals surface area contributed by atoms with Gasteiger partial charge in [-0.25, -0.2) is 0 Å². The lowest BCUT2D eigenvalue weighted by atomic mass is 10.2. The summed E-state index contributed by atoms with van der Waals surface area (Å²) < 4.78 is 0. The van der Waals surface area contributed by atoms with E-state index in [9.17, 15) is 4.79 Å². The molecular formula is C15H12N2OS2. The summed E-state index contributed by atoms with van der Waals surface area (Å²) in [5.74, 6) is -0.0401. The van der Waals surface area contributed by atoms with Crippen LogP contribution in [0.1, 0.15) is 15.2 Å². The predicted molar refractivity (Wildman–Crippen MR) is 83.0 cm³/mol. The second kappa shape index (κ2) is 5.98. The number of hydrogen-bond acceptors (Lipinski definition) is 4. The van der Waals surface area contributed by atoms with Crippen molar-refractivity contribution in [2.45, 2.75) is 6.54 Å². The molecule has 0 aliphatic rings. The molecule has 5 heteroatoms. The predicted octanol–water partition coefficient (Wildman–Crippen LogP) is 3.80. The average Bonchev–Trinajstić information content (AvgIpc) is 3.16. The molecule has 3 aromatic heterocycles. The van der Waals surface area contributed by atoms with Crippen molar-refractivity contribution in [2.75, 3.05) is 0 Å². The molecule has 0 saturated heterocycles. The number of nitrogens with zero attached hydrogens (tertiary/aromatic N) is 1. The Bertz CT molecular complexity index is 690. The lowest BCUT2D eigenvalue weighted by Gasteiger charge is -2.02. The molecule has 1 N–H and O–H groups in total. The van der Waals surface area contributed by atoms with Crippen LogP contribution in [0.5, 0.6) is 0 Å². The second-order valence-electron chi connectivity index (χ2n) is 4.22. The smallest absolute Gasteiger partial charge is 0.261 e. The van der Waals surface area contributed by atoms with E-state index >= 15 is 0 Å². The maximum Gasteiger partial charge on any atom is 0.261 e. The molecule has 0 aliphatic carbocycles. The van der Waals surface area contributed by atoms with Gasteiger partial charge in [-0.3, -0.25) is 9.78 Å². The van der Waals surface area contributed by atoms with Gasteiger partial charge in [-0.2, -0.15) is 0 Å². The minimum Gasteiger partial charge on any atom is -0.347 e. The van der Waals surface area contributed by atoms with Crippen molar-refractivity contribution in [1.82, 2.24) is 10.3 Å². The van der Waals surface area contributed by atoms with Crippen molar-refractivity contribution < 1.29 is 4.79 Å². The van der Waals surface area contributed by atoms with Crippen LogP contribution in [0.2, 0.25) is 0 Å². The van der Waals surface area contributed by atoms with Gasteiger partial charge in [0.05, 0.1) is 4.88 Å². The molecule has 0 radical (unpaired) electrons. The zero-order chi connectivity index (χ0) is 13.8. The number of rotatable bonds is 4. The Morgan fingerprint density at radius 1 is 1.25 bits per heavy atom. The molecule has 20 heavy (non-hydrogen) atoms. The zero-order valence-electron chi connectivity index (χ0n) is 10.6. The molecule has 1 amide bonds. The van der Waals surface area contributed by atoms with E-state index in [0.717, 1.165) is 16.0 Å². The molecule has 0 fully saturated rings. The number of aromatic nitrogens is 1. The van der Waals surface area contributed by atoms with Crippen LogP contribution in [0.4, 0.5) is 0 Å². The normalized spacial score (nSPS) is 10.4. The summed E-state index contributed by atoms with van der Waals surface area (Å²) in [5, 5.41) is 6.96. The summed E-state index contributed by atoms with van der Waals surface area (Å²) in [6, 6.07) is 9.82. The minimum atomic E-state index is -0.0401. The topological polar surface area (TPSA) is 42.0 Å². The van der Waals surface area contributed by atoms with Crippen molar-refractivity contribution in [3.63, 3.8) is 0 Å². The van der Waals surface area contributed by atoms with Crippen LogP contribution in [-0.2, 0) is 6.54 Å². The molecule has 3 rings (SSSR count). The Balaban J connectivity index is 1.66. The van der Waals surface area contributed by atoms with Crippen LogP contribution in [0.15, 0.2) is 53.5 Å². The van der Waals surface area contributed by atoms with Crippen molar-refractivity contribution in [2.24, 2.45) is 0 Å². The molecular weight excluding hydrogens is 288 g/mol. The summed E-state index contributed by atoms with van der Waals surface area (Å²) in [7, 11) is 0. The van der Waals surface area contributed by atoms with E-state index in [1.54, 1.807) is 23.7 Å². The van der Waals surface area contributed by atoms with Crippen molar-refractivity contribution >= 4 is 28.6 Å². The first-order chi connectivity index (χ1) is 9.83. The number of thiophene rings is 2. The first kappa shape index (κ1) is 13.0. The fourth-order valence-corrected chi connectivity index (χ4v) is 3.41. The highest BCUT2D eigenvalue weighted by Crippen LogP contribution is 2.29. The Kier molecular flexibility index (Phi) is 3.90. The van der Waals surface area contributed by atoms with Crippen molar-refractivity contribution in [1.29, 1.82) is 0 Å². The molecule has 3 nitrogen and oxygen atoms in total. The third kappa shape index (κ3) is 2.95. The quantitative estimate of drug-likeness (QED) is 0.796. The van der Waals surface area contributed by atoms with E-state index < -0.39 is 0 Å². The first-order valence-electron chi connectivity index (χ1n) is 6.12. The summed E-state index contributed by atoms with van der Waals surface area (Å²) in [6.45, 7) is 0.499. The number of nitrogens with one attached hydrogen (secondary N) is 1. The number of hydrogen-bond donors (Lipinski definition) is 1. The number of carbonyl (C=O) groups excluding carboxylic acids is 1. The molecule has 0 aliphatic heterocycles. The van der Waals surface area contributed by atoms with E-state index in [4.69, 9.17) is 0 Å². The SMILES string of the molecule is O=C(NCc1cccnc1)c1cc(-c2cccs2)cs1. The van der Waals surface area contributed by atoms with Gasteiger partial charge in [0.15, 0.2) is 0 Å². The molecule has 0 atom stereocenters. The summed E-state index contributed by atoms with van der Waals surface area (Å²) in [5.41, 5.74) is 2.10. The molecule has 0 bridgehead atoms. The van der Waals surface area contributed by atoms with Crippen LogP contribution in [0.25, 0.3) is 10.4 Å². The maximum absolute atomic E-state index is 12.1. The van der Waals surface area contributed by atoms with E-state index in [1.807, 2.05) is 35.0 Å². The van der Waals surface area contributed by atoms with Crippen LogP contribution < -0.4 is 5.32 Å². The minimum absolute atomic E-state index is 0.0401. The van der Waals surface area contributed by atoms with Gasteiger partial charge >= 0.3 is 0 Å². The Morgan fingerprint density at radius 3 is 2.95 bits per heavy atom. The summed E-state index contributed by atoms with van der Waals surface area (Å²) >= 11 is 3.15. The van der Waals surface area contributed by atoms with E-state index in [0.29, 0.717) is 6.54 Å². The number of carbonyl (C=O) groups is 1. The fraction of sp³-hybridized carbons (Fsp3) is 0.0667. The highest BCUT2D eigenvalue weighted by atomic mass is 32.1. The van der Waals surface area contributed by atoms with E-state index in [-0.39, 0.29) is 5.91 Å². The molecule has 0 spiro atoms. The van der Waals surface area contributed by atoms with Crippen LogP contribution in [-0.4, -0.2) is 10.9 Å².